The van der Waals surface area contributed by atoms with Crippen LogP contribution in [-0.4, -0.2) is 25.8 Å². The number of carbonyl (C=O) groups is 1. The highest BCUT2D eigenvalue weighted by molar-refractivity contribution is 5.91. The number of hydrogen-bond donors (Lipinski definition) is 1. The molecule has 3 aromatic rings. The zero-order valence-corrected chi connectivity index (χ0v) is 14.6. The molecule has 3 rings (SSSR count). The van der Waals surface area contributed by atoms with Crippen molar-refractivity contribution in [2.24, 2.45) is 0 Å². The second-order valence-electron chi connectivity index (χ2n) is 6.81. The van der Waals surface area contributed by atoms with Gasteiger partial charge < -0.3 is 9.84 Å². The summed E-state index contributed by atoms with van der Waals surface area (Å²) in [5, 5.41) is 11.0. The normalized spacial score (nSPS) is 11.5. The molecule has 0 saturated carbocycles. The van der Waals surface area contributed by atoms with Gasteiger partial charge in [0.05, 0.1) is 5.69 Å². The number of benzene rings is 1. The molecule has 1 aromatic carbocycles. The zero-order valence-electron chi connectivity index (χ0n) is 14.6. The number of hydrogen-bond acceptors (Lipinski definition) is 5. The first-order valence-electron chi connectivity index (χ1n) is 8.15. The summed E-state index contributed by atoms with van der Waals surface area (Å²) in [7, 11) is 0. The van der Waals surface area contributed by atoms with Gasteiger partial charge in [0.2, 0.25) is 11.8 Å². The summed E-state index contributed by atoms with van der Waals surface area (Å²) in [6.07, 6.45) is 4.25. The Morgan fingerprint density at radius 1 is 1.28 bits per heavy atom. The molecule has 130 valence electrons. The number of nitrogens with one attached hydrogen (secondary N) is 1. The maximum absolute atomic E-state index is 12.2. The van der Waals surface area contributed by atoms with Crippen molar-refractivity contribution in [2.75, 3.05) is 5.32 Å². The van der Waals surface area contributed by atoms with E-state index in [4.69, 9.17) is 4.52 Å². The van der Waals surface area contributed by atoms with Crippen LogP contribution in [0.1, 0.15) is 38.9 Å². The third-order valence-corrected chi connectivity index (χ3v) is 3.60. The molecule has 0 fully saturated rings. The van der Waals surface area contributed by atoms with Crippen LogP contribution in [0.4, 0.5) is 5.69 Å². The summed E-state index contributed by atoms with van der Waals surface area (Å²) >= 11 is 0. The van der Waals surface area contributed by atoms with Gasteiger partial charge in [-0.3, -0.25) is 4.79 Å². The van der Waals surface area contributed by atoms with Gasteiger partial charge in [0.15, 0.2) is 5.82 Å². The van der Waals surface area contributed by atoms with Gasteiger partial charge in [-0.05, 0) is 24.3 Å². The number of aryl methyl sites for hydroxylation is 1. The summed E-state index contributed by atoms with van der Waals surface area (Å²) in [6, 6.07) is 9.36. The quantitative estimate of drug-likeness (QED) is 0.772. The van der Waals surface area contributed by atoms with Crippen molar-refractivity contribution >= 4 is 11.6 Å². The number of rotatable bonds is 5. The maximum atomic E-state index is 12.2. The molecule has 2 heterocycles. The Morgan fingerprint density at radius 3 is 2.80 bits per heavy atom. The Labute approximate surface area is 146 Å². The molecule has 0 radical (unpaired) electrons. The summed E-state index contributed by atoms with van der Waals surface area (Å²) < 4.78 is 6.95. The van der Waals surface area contributed by atoms with Crippen LogP contribution in [0.3, 0.4) is 0 Å². The predicted octanol–water partition coefficient (Wildman–Crippen LogP) is 3.12. The van der Waals surface area contributed by atoms with Gasteiger partial charge in [0.25, 0.3) is 0 Å². The summed E-state index contributed by atoms with van der Waals surface area (Å²) in [5.74, 6) is 1.02. The molecule has 0 saturated heterocycles. The molecule has 1 amide bonds. The largest absolute Gasteiger partial charge is 0.339 e. The van der Waals surface area contributed by atoms with Crippen LogP contribution < -0.4 is 5.32 Å². The average Bonchev–Trinajstić information content (AvgIpc) is 3.24. The van der Waals surface area contributed by atoms with E-state index in [1.807, 2.05) is 57.3 Å². The fourth-order valence-corrected chi connectivity index (χ4v) is 2.25. The summed E-state index contributed by atoms with van der Waals surface area (Å²) in [6.45, 7) is 6.04. The number of nitrogens with zero attached hydrogens (tertiary/aromatic N) is 4. The fraction of sp³-hybridized carbons (Fsp3) is 0.333. The minimum absolute atomic E-state index is 0.104. The SMILES string of the molecule is CC(C)(C)c1noc(CCC(=O)Nc2cccc(-n3cccn3)c2)n1. The van der Waals surface area contributed by atoms with E-state index in [1.165, 1.54) is 0 Å². The lowest BCUT2D eigenvalue weighted by molar-refractivity contribution is -0.116. The molecule has 1 N–H and O–H groups in total. The lowest BCUT2D eigenvalue weighted by Crippen LogP contribution is -2.14. The maximum Gasteiger partial charge on any atom is 0.227 e. The van der Waals surface area contributed by atoms with Crippen molar-refractivity contribution < 1.29 is 9.32 Å². The molecule has 25 heavy (non-hydrogen) atoms. The molecule has 2 aromatic heterocycles. The second-order valence-corrected chi connectivity index (χ2v) is 6.81. The van der Waals surface area contributed by atoms with Crippen LogP contribution in [-0.2, 0) is 16.6 Å². The Kier molecular flexibility index (Phi) is 4.65. The first-order chi connectivity index (χ1) is 11.9. The van der Waals surface area contributed by atoms with Crippen LogP contribution in [0.25, 0.3) is 5.69 Å². The number of anilines is 1. The molecule has 0 unspecified atom stereocenters. The van der Waals surface area contributed by atoms with Gasteiger partial charge >= 0.3 is 0 Å². The van der Waals surface area contributed by atoms with Crippen LogP contribution >= 0.6 is 0 Å². The van der Waals surface area contributed by atoms with E-state index in [0.29, 0.717) is 18.1 Å². The van der Waals surface area contributed by atoms with Crippen LogP contribution in [0.5, 0.6) is 0 Å². The Bertz CT molecular complexity index is 846. The van der Waals surface area contributed by atoms with Gasteiger partial charge in [-0.1, -0.05) is 32.0 Å². The fourth-order valence-electron chi connectivity index (χ4n) is 2.25. The molecule has 0 bridgehead atoms. The van der Waals surface area contributed by atoms with E-state index in [-0.39, 0.29) is 17.7 Å². The van der Waals surface area contributed by atoms with Gasteiger partial charge in [-0.15, -0.1) is 0 Å². The molecular formula is C18H21N5O2. The molecule has 7 nitrogen and oxygen atoms in total. The third-order valence-electron chi connectivity index (χ3n) is 3.60. The van der Waals surface area contributed by atoms with Crippen molar-refractivity contribution in [3.8, 4) is 5.69 Å². The van der Waals surface area contributed by atoms with Gasteiger partial charge in [-0.2, -0.15) is 10.1 Å². The van der Waals surface area contributed by atoms with E-state index >= 15 is 0 Å². The van der Waals surface area contributed by atoms with Gasteiger partial charge in [-0.25, -0.2) is 4.68 Å². The number of aromatic nitrogens is 4. The summed E-state index contributed by atoms with van der Waals surface area (Å²) in [5.41, 5.74) is 1.44. The van der Waals surface area contributed by atoms with Crippen molar-refractivity contribution in [1.29, 1.82) is 0 Å². The Morgan fingerprint density at radius 2 is 2.12 bits per heavy atom. The van der Waals surface area contributed by atoms with Gasteiger partial charge in [0.1, 0.15) is 0 Å². The molecule has 7 heteroatoms. The topological polar surface area (TPSA) is 85.8 Å². The number of carbonyl (C=O) groups excluding carboxylic acids is 1. The number of amides is 1. The zero-order chi connectivity index (χ0) is 17.9. The lowest BCUT2D eigenvalue weighted by Gasteiger charge is -2.10. The van der Waals surface area contributed by atoms with Crippen molar-refractivity contribution in [3.63, 3.8) is 0 Å². The highest BCUT2D eigenvalue weighted by atomic mass is 16.5. The minimum atomic E-state index is -0.170. The average molecular weight is 339 g/mol. The molecule has 0 aliphatic heterocycles. The van der Waals surface area contributed by atoms with Crippen LogP contribution in [0.15, 0.2) is 47.2 Å². The second kappa shape index (κ2) is 6.88. The first-order valence-corrected chi connectivity index (χ1v) is 8.15. The first kappa shape index (κ1) is 16.9. The molecule has 0 atom stereocenters. The molecule has 0 spiro atoms. The van der Waals surface area contributed by atoms with Crippen LogP contribution in [0, 0.1) is 0 Å². The Balaban J connectivity index is 1.58. The standard InChI is InChI=1S/C18H21N5O2/c1-18(2,3)17-21-16(25-22-17)9-8-15(24)20-13-6-4-7-14(12-13)23-11-5-10-19-23/h4-7,10-12H,8-9H2,1-3H3,(H,20,24). The van der Waals surface area contributed by atoms with E-state index in [0.717, 1.165) is 11.4 Å². The smallest absolute Gasteiger partial charge is 0.227 e. The minimum Gasteiger partial charge on any atom is -0.339 e. The lowest BCUT2D eigenvalue weighted by atomic mass is 9.96. The summed E-state index contributed by atoms with van der Waals surface area (Å²) in [4.78, 5) is 16.5. The highest BCUT2D eigenvalue weighted by Gasteiger charge is 2.21. The van der Waals surface area contributed by atoms with Crippen molar-refractivity contribution in [1.82, 2.24) is 19.9 Å². The molecular weight excluding hydrogens is 318 g/mol. The van der Waals surface area contributed by atoms with E-state index in [2.05, 4.69) is 20.6 Å². The van der Waals surface area contributed by atoms with E-state index in [1.54, 1.807) is 10.9 Å². The third kappa shape index (κ3) is 4.32. The van der Waals surface area contributed by atoms with E-state index in [9.17, 15) is 4.79 Å². The monoisotopic (exact) mass is 339 g/mol. The van der Waals surface area contributed by atoms with Gasteiger partial charge in [0, 0.05) is 36.3 Å². The molecule has 0 aliphatic carbocycles. The Hall–Kier alpha value is -2.96. The predicted molar refractivity (Wildman–Crippen MR) is 93.5 cm³/mol. The van der Waals surface area contributed by atoms with E-state index < -0.39 is 0 Å². The van der Waals surface area contributed by atoms with Crippen LogP contribution in [0.2, 0.25) is 0 Å². The van der Waals surface area contributed by atoms with Crippen molar-refractivity contribution in [2.45, 2.75) is 39.0 Å². The molecule has 0 aliphatic rings. The highest BCUT2D eigenvalue weighted by Crippen LogP contribution is 2.19. The van der Waals surface area contributed by atoms with Crippen molar-refractivity contribution in [3.05, 3.63) is 54.4 Å².